The van der Waals surface area contributed by atoms with Crippen molar-refractivity contribution >= 4 is 11.8 Å². The average molecular weight is 271 g/mol. The van der Waals surface area contributed by atoms with Crippen LogP contribution in [0.3, 0.4) is 0 Å². The molecule has 0 amide bonds. The average Bonchev–Trinajstić information content (AvgIpc) is 2.30. The van der Waals surface area contributed by atoms with E-state index in [1.54, 1.807) is 0 Å². The van der Waals surface area contributed by atoms with E-state index in [4.69, 9.17) is 0 Å². The van der Waals surface area contributed by atoms with E-state index in [9.17, 15) is 8.78 Å². The molecule has 1 aliphatic heterocycles. The van der Waals surface area contributed by atoms with Crippen LogP contribution in [0, 0.1) is 11.6 Å². The number of rotatable bonds is 4. The molecule has 18 heavy (non-hydrogen) atoms. The van der Waals surface area contributed by atoms with Gasteiger partial charge in [0.2, 0.25) is 0 Å². The molecule has 0 spiro atoms. The third-order valence-corrected chi connectivity index (χ3v) is 4.73. The van der Waals surface area contributed by atoms with Gasteiger partial charge in [0.15, 0.2) is 0 Å². The summed E-state index contributed by atoms with van der Waals surface area (Å²) in [5, 5.41) is 4.12. The fraction of sp³-hybridized carbons (Fsp3) is 0.571. The molecule has 0 aliphatic carbocycles. The highest BCUT2D eigenvalue weighted by molar-refractivity contribution is 7.99. The fourth-order valence-corrected chi connectivity index (χ4v) is 3.52. The first-order valence-electron chi connectivity index (χ1n) is 6.45. The van der Waals surface area contributed by atoms with E-state index in [1.165, 1.54) is 30.7 Å². The Labute approximate surface area is 111 Å². The molecule has 1 nitrogen and oxygen atoms in total. The quantitative estimate of drug-likeness (QED) is 0.901. The monoisotopic (exact) mass is 271 g/mol. The zero-order chi connectivity index (χ0) is 13.0. The van der Waals surface area contributed by atoms with Crippen LogP contribution in [0.15, 0.2) is 18.2 Å². The first-order valence-corrected chi connectivity index (χ1v) is 7.50. The van der Waals surface area contributed by atoms with E-state index in [0.717, 1.165) is 18.2 Å². The summed E-state index contributed by atoms with van der Waals surface area (Å²) in [4.78, 5) is 0. The van der Waals surface area contributed by atoms with Crippen molar-refractivity contribution < 1.29 is 8.78 Å². The van der Waals surface area contributed by atoms with Crippen LogP contribution in [0.4, 0.5) is 8.78 Å². The first-order chi connectivity index (χ1) is 8.65. The van der Waals surface area contributed by atoms with Gasteiger partial charge >= 0.3 is 0 Å². The van der Waals surface area contributed by atoms with Gasteiger partial charge in [-0.05, 0) is 49.3 Å². The van der Waals surface area contributed by atoms with E-state index in [0.29, 0.717) is 17.7 Å². The van der Waals surface area contributed by atoms with Crippen molar-refractivity contribution in [3.8, 4) is 0 Å². The minimum absolute atomic E-state index is 0.494. The molecule has 1 saturated heterocycles. The molecule has 4 heteroatoms. The van der Waals surface area contributed by atoms with Crippen LogP contribution in [0.25, 0.3) is 0 Å². The topological polar surface area (TPSA) is 12.0 Å². The van der Waals surface area contributed by atoms with E-state index in [-0.39, 0.29) is 0 Å². The normalized spacial score (nSPS) is 24.2. The molecule has 2 unspecified atom stereocenters. The first kappa shape index (κ1) is 13.8. The Morgan fingerprint density at radius 1 is 1.28 bits per heavy atom. The summed E-state index contributed by atoms with van der Waals surface area (Å²) >= 11 is 1.99. The molecule has 1 N–H and O–H groups in total. The van der Waals surface area contributed by atoms with Gasteiger partial charge in [-0.1, -0.05) is 6.92 Å². The maximum atomic E-state index is 13.0. The molecular formula is C14H19F2NS. The highest BCUT2D eigenvalue weighted by atomic mass is 32.2. The molecule has 2 atom stereocenters. The number of halogens is 2. The minimum Gasteiger partial charge on any atom is -0.313 e. The predicted molar refractivity (Wildman–Crippen MR) is 73.0 cm³/mol. The molecule has 1 heterocycles. The van der Waals surface area contributed by atoms with Crippen LogP contribution in [-0.2, 0) is 6.42 Å². The van der Waals surface area contributed by atoms with Gasteiger partial charge in [0.25, 0.3) is 0 Å². The summed E-state index contributed by atoms with van der Waals surface area (Å²) in [5.74, 6) is 0.257. The van der Waals surface area contributed by atoms with Crippen LogP contribution in [-0.4, -0.2) is 23.6 Å². The fourth-order valence-electron chi connectivity index (χ4n) is 2.35. The van der Waals surface area contributed by atoms with Crippen molar-refractivity contribution in [3.05, 3.63) is 35.4 Å². The number of hydrogen-bond acceptors (Lipinski definition) is 2. The third-order valence-electron chi connectivity index (χ3n) is 3.35. The lowest BCUT2D eigenvalue weighted by atomic mass is 10.1. The number of benzene rings is 1. The van der Waals surface area contributed by atoms with Gasteiger partial charge < -0.3 is 5.32 Å². The Bertz CT molecular complexity index is 377. The summed E-state index contributed by atoms with van der Waals surface area (Å²) < 4.78 is 26.0. The Hall–Kier alpha value is -0.610. The molecule has 0 aromatic heterocycles. The number of nitrogens with one attached hydrogen (secondary N) is 1. The highest BCUT2D eigenvalue weighted by Gasteiger charge is 2.20. The van der Waals surface area contributed by atoms with E-state index in [2.05, 4.69) is 12.2 Å². The lowest BCUT2D eigenvalue weighted by molar-refractivity contribution is 0.465. The second-order valence-corrected chi connectivity index (χ2v) is 6.29. The second kappa shape index (κ2) is 6.53. The van der Waals surface area contributed by atoms with Crippen molar-refractivity contribution in [3.63, 3.8) is 0 Å². The molecule has 100 valence electrons. The Balaban J connectivity index is 1.80. The van der Waals surface area contributed by atoms with Crippen molar-refractivity contribution in [2.75, 3.05) is 12.3 Å². The maximum absolute atomic E-state index is 13.0. The minimum atomic E-state index is -0.494. The number of hydrogen-bond donors (Lipinski definition) is 1. The molecule has 2 rings (SSSR count). The molecule has 1 aromatic carbocycles. The predicted octanol–water partition coefficient (Wildman–Crippen LogP) is 3.38. The standard InChI is InChI=1S/C14H19F2NS/c1-10-14(3-2-6-18-10)17-5-4-11-7-12(15)9-13(16)8-11/h7-10,14,17H,2-6H2,1H3. The van der Waals surface area contributed by atoms with Crippen LogP contribution in [0.5, 0.6) is 0 Å². The molecular weight excluding hydrogens is 252 g/mol. The summed E-state index contributed by atoms with van der Waals surface area (Å²) in [6.07, 6.45) is 3.12. The van der Waals surface area contributed by atoms with Gasteiger partial charge in [-0.25, -0.2) is 8.78 Å². The zero-order valence-corrected chi connectivity index (χ0v) is 11.4. The van der Waals surface area contributed by atoms with Crippen molar-refractivity contribution in [1.82, 2.24) is 5.32 Å². The molecule has 0 saturated carbocycles. The summed E-state index contributed by atoms with van der Waals surface area (Å²) in [5.41, 5.74) is 0.719. The van der Waals surface area contributed by atoms with Crippen molar-refractivity contribution in [1.29, 1.82) is 0 Å². The molecule has 1 fully saturated rings. The largest absolute Gasteiger partial charge is 0.313 e. The van der Waals surface area contributed by atoms with E-state index in [1.807, 2.05) is 11.8 Å². The Morgan fingerprint density at radius 3 is 2.67 bits per heavy atom. The van der Waals surface area contributed by atoms with Crippen LogP contribution < -0.4 is 5.32 Å². The van der Waals surface area contributed by atoms with Gasteiger partial charge in [0.1, 0.15) is 11.6 Å². The lowest BCUT2D eigenvalue weighted by Gasteiger charge is -2.29. The molecule has 1 aliphatic rings. The van der Waals surface area contributed by atoms with Crippen LogP contribution in [0.1, 0.15) is 25.3 Å². The third kappa shape index (κ3) is 3.95. The SMILES string of the molecule is CC1SCCCC1NCCc1cc(F)cc(F)c1. The zero-order valence-electron chi connectivity index (χ0n) is 10.6. The van der Waals surface area contributed by atoms with E-state index >= 15 is 0 Å². The lowest BCUT2D eigenvalue weighted by Crippen LogP contribution is -2.40. The molecule has 0 bridgehead atoms. The summed E-state index contributed by atoms with van der Waals surface area (Å²) in [6, 6.07) is 4.26. The van der Waals surface area contributed by atoms with E-state index < -0.39 is 11.6 Å². The van der Waals surface area contributed by atoms with Crippen LogP contribution in [0.2, 0.25) is 0 Å². The van der Waals surface area contributed by atoms with Gasteiger partial charge in [-0.15, -0.1) is 0 Å². The maximum Gasteiger partial charge on any atom is 0.126 e. The molecule has 0 radical (unpaired) electrons. The van der Waals surface area contributed by atoms with Gasteiger partial charge in [-0.3, -0.25) is 0 Å². The summed E-state index contributed by atoms with van der Waals surface area (Å²) in [6.45, 7) is 3.02. The van der Waals surface area contributed by atoms with Gasteiger partial charge in [-0.2, -0.15) is 11.8 Å². The Kier molecular flexibility index (Phi) is 5.01. The van der Waals surface area contributed by atoms with Gasteiger partial charge in [0.05, 0.1) is 0 Å². The Morgan fingerprint density at radius 2 is 2.00 bits per heavy atom. The van der Waals surface area contributed by atoms with Crippen LogP contribution >= 0.6 is 11.8 Å². The smallest absolute Gasteiger partial charge is 0.126 e. The van der Waals surface area contributed by atoms with Crippen molar-refractivity contribution in [2.45, 2.75) is 37.5 Å². The van der Waals surface area contributed by atoms with Crippen molar-refractivity contribution in [2.24, 2.45) is 0 Å². The highest BCUT2D eigenvalue weighted by Crippen LogP contribution is 2.24. The molecule has 1 aromatic rings. The second-order valence-electron chi connectivity index (χ2n) is 4.81. The summed E-state index contributed by atoms with van der Waals surface area (Å²) in [7, 11) is 0. The van der Waals surface area contributed by atoms with Gasteiger partial charge in [0, 0.05) is 17.4 Å². The number of thioether (sulfide) groups is 1.